The van der Waals surface area contributed by atoms with Gasteiger partial charge >= 0.3 is 0 Å². The molecule has 334 valence electrons. The second-order valence-corrected chi connectivity index (χ2v) is 16.6. The molecule has 0 amide bonds. The van der Waals surface area contributed by atoms with Crippen LogP contribution in [0.15, 0.2) is 163 Å². The van der Waals surface area contributed by atoms with Gasteiger partial charge in [0.1, 0.15) is 30.5 Å². The first kappa shape index (κ1) is 46.5. The Morgan fingerprint density at radius 1 is 0.460 bits per heavy atom. The molecule has 0 aromatic heterocycles. The molecule has 0 bridgehead atoms. The van der Waals surface area contributed by atoms with Gasteiger partial charge in [-0.25, -0.2) is 0 Å². The summed E-state index contributed by atoms with van der Waals surface area (Å²) in [4.78, 5) is 0. The Balaban J connectivity index is 1.20. The molecular formula is C54H64O9. The lowest BCUT2D eigenvalue weighted by Gasteiger charge is -2.49. The summed E-state index contributed by atoms with van der Waals surface area (Å²) in [5, 5.41) is 0. The molecule has 63 heavy (non-hydrogen) atoms. The Hall–Kier alpha value is -4.52. The maximum absolute atomic E-state index is 7.13. The number of ether oxygens (including phenoxy) is 9. The summed E-state index contributed by atoms with van der Waals surface area (Å²) in [7, 11) is 0. The highest BCUT2D eigenvalue weighted by atomic mass is 16.8. The van der Waals surface area contributed by atoms with Crippen LogP contribution in [0.4, 0.5) is 0 Å². The van der Waals surface area contributed by atoms with E-state index in [0.717, 1.165) is 27.8 Å². The van der Waals surface area contributed by atoms with Crippen molar-refractivity contribution < 1.29 is 42.6 Å². The van der Waals surface area contributed by atoms with E-state index in [4.69, 9.17) is 42.6 Å². The fourth-order valence-electron chi connectivity index (χ4n) is 8.05. The van der Waals surface area contributed by atoms with Crippen LogP contribution in [0, 0.1) is 5.92 Å². The van der Waals surface area contributed by atoms with Crippen molar-refractivity contribution in [3.05, 3.63) is 191 Å². The van der Waals surface area contributed by atoms with Gasteiger partial charge in [0.15, 0.2) is 12.6 Å². The van der Waals surface area contributed by atoms with Gasteiger partial charge in [0, 0.05) is 5.92 Å². The summed E-state index contributed by atoms with van der Waals surface area (Å²) in [6, 6.07) is 50.8. The Morgan fingerprint density at radius 2 is 0.857 bits per heavy atom. The van der Waals surface area contributed by atoms with E-state index >= 15 is 0 Å². The molecule has 10 atom stereocenters. The normalized spacial score (nSPS) is 26.0. The van der Waals surface area contributed by atoms with E-state index in [1.54, 1.807) is 0 Å². The summed E-state index contributed by atoms with van der Waals surface area (Å²) in [6.07, 6.45) is -2.52. The predicted molar refractivity (Wildman–Crippen MR) is 243 cm³/mol. The Labute approximate surface area is 374 Å². The third kappa shape index (κ3) is 13.7. The topological polar surface area (TPSA) is 83.1 Å². The van der Waals surface area contributed by atoms with Gasteiger partial charge in [-0.15, -0.1) is 0 Å². The predicted octanol–water partition coefficient (Wildman–Crippen LogP) is 10.4. The van der Waals surface area contributed by atoms with Crippen molar-refractivity contribution in [2.24, 2.45) is 5.92 Å². The highest BCUT2D eigenvalue weighted by molar-refractivity contribution is 5.17. The van der Waals surface area contributed by atoms with E-state index in [-0.39, 0.29) is 18.6 Å². The smallest absolute Gasteiger partial charge is 0.189 e. The van der Waals surface area contributed by atoms with Crippen LogP contribution in [-0.4, -0.2) is 68.5 Å². The summed E-state index contributed by atoms with van der Waals surface area (Å²) < 4.78 is 61.7. The molecule has 2 fully saturated rings. The molecule has 0 spiro atoms. The first-order chi connectivity index (χ1) is 30.9. The average molecular weight is 857 g/mol. The van der Waals surface area contributed by atoms with E-state index in [1.165, 1.54) is 5.57 Å². The van der Waals surface area contributed by atoms with Crippen LogP contribution in [0.1, 0.15) is 61.9 Å². The van der Waals surface area contributed by atoms with Gasteiger partial charge < -0.3 is 42.6 Å². The van der Waals surface area contributed by atoms with Crippen LogP contribution in [0.25, 0.3) is 0 Å². The molecule has 5 aromatic carbocycles. The minimum Gasteiger partial charge on any atom is -0.374 e. The first-order valence-corrected chi connectivity index (χ1v) is 22.4. The van der Waals surface area contributed by atoms with Crippen molar-refractivity contribution >= 4 is 0 Å². The minimum atomic E-state index is -0.891. The second-order valence-electron chi connectivity index (χ2n) is 16.6. The van der Waals surface area contributed by atoms with E-state index in [2.05, 4.69) is 82.3 Å². The average Bonchev–Trinajstić information content (AvgIpc) is 3.32. The van der Waals surface area contributed by atoms with Crippen LogP contribution in [0.2, 0.25) is 0 Å². The summed E-state index contributed by atoms with van der Waals surface area (Å²) in [6.45, 7) is 10.8. The van der Waals surface area contributed by atoms with Crippen LogP contribution >= 0.6 is 0 Å². The van der Waals surface area contributed by atoms with Crippen molar-refractivity contribution in [1.82, 2.24) is 0 Å². The summed E-state index contributed by atoms with van der Waals surface area (Å²) in [5.41, 5.74) is 6.40. The van der Waals surface area contributed by atoms with Crippen molar-refractivity contribution in [2.45, 2.75) is 122 Å². The van der Waals surface area contributed by atoms with E-state index in [0.29, 0.717) is 46.1 Å². The summed E-state index contributed by atoms with van der Waals surface area (Å²) >= 11 is 0. The molecule has 2 aliphatic rings. The van der Waals surface area contributed by atoms with Crippen molar-refractivity contribution in [3.8, 4) is 0 Å². The zero-order valence-electron chi connectivity index (χ0n) is 37.1. The molecule has 9 heteroatoms. The maximum Gasteiger partial charge on any atom is 0.189 e. The van der Waals surface area contributed by atoms with Gasteiger partial charge in [-0.3, -0.25) is 0 Å². The zero-order chi connectivity index (χ0) is 43.6. The SMILES string of the molecule is CCC1O[C@H](O[C@H]2O[C@H](COCc3ccccc3)[C@@H](OCc3ccccc3)C(OCc3ccccc3)C2C)C(OCc2ccccc2)[C@@H](OCc2ccccc2)[C@@H]1OCC=C(C)C. The lowest BCUT2D eigenvalue weighted by atomic mass is 9.91. The second kappa shape index (κ2) is 24.5. The molecule has 0 aliphatic carbocycles. The molecule has 2 aliphatic heterocycles. The quantitative estimate of drug-likeness (QED) is 0.0632. The molecule has 0 radical (unpaired) electrons. The molecule has 5 aromatic rings. The number of benzene rings is 5. The van der Waals surface area contributed by atoms with Crippen molar-refractivity contribution in [3.63, 3.8) is 0 Å². The zero-order valence-corrected chi connectivity index (χ0v) is 37.1. The largest absolute Gasteiger partial charge is 0.374 e. The number of hydrogen-bond donors (Lipinski definition) is 0. The summed E-state index contributed by atoms with van der Waals surface area (Å²) in [5.74, 6) is -0.311. The fourth-order valence-corrected chi connectivity index (χ4v) is 8.05. The molecule has 2 saturated heterocycles. The lowest BCUT2D eigenvalue weighted by Crippen LogP contribution is -2.63. The van der Waals surface area contributed by atoms with Gasteiger partial charge in [0.2, 0.25) is 0 Å². The molecule has 0 N–H and O–H groups in total. The van der Waals surface area contributed by atoms with Gasteiger partial charge in [-0.05, 0) is 48.1 Å². The highest BCUT2D eigenvalue weighted by Gasteiger charge is 2.52. The number of rotatable bonds is 22. The monoisotopic (exact) mass is 856 g/mol. The Bertz CT molecular complexity index is 2030. The van der Waals surface area contributed by atoms with Crippen molar-refractivity contribution in [1.29, 1.82) is 0 Å². The van der Waals surface area contributed by atoms with Gasteiger partial charge in [-0.2, -0.15) is 0 Å². The van der Waals surface area contributed by atoms with Crippen LogP contribution in [0.5, 0.6) is 0 Å². The molecule has 4 unspecified atom stereocenters. The number of allylic oxidation sites excluding steroid dienone is 1. The molecule has 2 heterocycles. The van der Waals surface area contributed by atoms with E-state index in [9.17, 15) is 0 Å². The van der Waals surface area contributed by atoms with Crippen LogP contribution in [-0.2, 0) is 75.7 Å². The highest BCUT2D eigenvalue weighted by Crippen LogP contribution is 2.37. The molecule has 7 rings (SSSR count). The molecule has 9 nitrogen and oxygen atoms in total. The number of hydrogen-bond acceptors (Lipinski definition) is 9. The minimum absolute atomic E-state index is 0.242. The van der Waals surface area contributed by atoms with Gasteiger partial charge in [-0.1, -0.05) is 177 Å². The Morgan fingerprint density at radius 3 is 1.32 bits per heavy atom. The Kier molecular flexibility index (Phi) is 18.1. The van der Waals surface area contributed by atoms with Crippen LogP contribution in [0.3, 0.4) is 0 Å². The van der Waals surface area contributed by atoms with E-state index < -0.39 is 49.2 Å². The van der Waals surface area contributed by atoms with Gasteiger partial charge in [0.25, 0.3) is 0 Å². The van der Waals surface area contributed by atoms with Gasteiger partial charge in [0.05, 0.1) is 58.5 Å². The fraction of sp³-hybridized carbons (Fsp3) is 0.407. The standard InChI is InChI=1S/C54H64O9/c1-5-46-49(56-32-31-39(2)3)51(59-36-44-27-17-9-18-28-44)52(60-37-45-29-19-10-20-30-45)54(61-46)63-53-40(4)48(57-34-42-23-13-7-14-24-42)50(58-35-43-25-15-8-16-26-43)47(62-53)38-55-33-41-21-11-6-12-22-41/h6-31,40,46-54H,5,32-38H2,1-4H3/t40?,46?,47-,48?,49-,50-,51+,52?,53-,54-/m1/s1. The van der Waals surface area contributed by atoms with Crippen molar-refractivity contribution in [2.75, 3.05) is 13.2 Å². The first-order valence-electron chi connectivity index (χ1n) is 22.4. The van der Waals surface area contributed by atoms with Crippen LogP contribution < -0.4 is 0 Å². The third-order valence-electron chi connectivity index (χ3n) is 11.5. The third-order valence-corrected chi connectivity index (χ3v) is 11.5. The van der Waals surface area contributed by atoms with E-state index in [1.807, 2.05) is 103 Å². The molecular weight excluding hydrogens is 793 g/mol. The maximum atomic E-state index is 7.13. The molecule has 0 saturated carbocycles. The lowest BCUT2D eigenvalue weighted by molar-refractivity contribution is -0.381.